The van der Waals surface area contributed by atoms with Crippen LogP contribution in [0.2, 0.25) is 0 Å². The number of benzene rings is 1. The number of hydrogen-bond donors (Lipinski definition) is 1. The lowest BCUT2D eigenvalue weighted by atomic mass is 9.93. The zero-order valence-corrected chi connectivity index (χ0v) is 12.0. The first-order valence-electron chi connectivity index (χ1n) is 7.20. The Morgan fingerprint density at radius 3 is 2.86 bits per heavy atom. The summed E-state index contributed by atoms with van der Waals surface area (Å²) >= 11 is 0. The van der Waals surface area contributed by atoms with Gasteiger partial charge in [-0.1, -0.05) is 6.07 Å². The first-order valence-corrected chi connectivity index (χ1v) is 7.20. The largest absolute Gasteiger partial charge is 0.381 e. The van der Waals surface area contributed by atoms with Crippen molar-refractivity contribution in [2.75, 3.05) is 5.32 Å². The molecule has 1 aromatic heterocycles. The maximum Gasteiger partial charge on any atom is 0.269 e. The summed E-state index contributed by atoms with van der Waals surface area (Å²) in [5, 5.41) is 7.47. The van der Waals surface area contributed by atoms with E-state index in [9.17, 15) is 9.18 Å². The topological polar surface area (TPSA) is 46.9 Å². The van der Waals surface area contributed by atoms with Crippen LogP contribution >= 0.6 is 0 Å². The van der Waals surface area contributed by atoms with Gasteiger partial charge in [-0.15, -0.1) is 0 Å². The maximum absolute atomic E-state index is 13.3. The molecule has 110 valence electrons. The lowest BCUT2D eigenvalue weighted by Gasteiger charge is -2.27. The van der Waals surface area contributed by atoms with Crippen LogP contribution in [0.25, 0.3) is 0 Å². The highest BCUT2D eigenvalue weighted by Crippen LogP contribution is 2.22. The number of nitrogens with one attached hydrogen (secondary N) is 1. The summed E-state index contributed by atoms with van der Waals surface area (Å²) in [6, 6.07) is 6.60. The number of rotatable bonds is 4. The van der Waals surface area contributed by atoms with E-state index in [1.165, 1.54) is 23.2 Å². The first kappa shape index (κ1) is 13.8. The molecule has 4 nitrogen and oxygen atoms in total. The molecule has 1 heterocycles. The third-order valence-electron chi connectivity index (χ3n) is 3.98. The van der Waals surface area contributed by atoms with E-state index >= 15 is 0 Å². The van der Waals surface area contributed by atoms with Gasteiger partial charge in [0.2, 0.25) is 0 Å². The van der Waals surface area contributed by atoms with Gasteiger partial charge in [-0.05, 0) is 49.4 Å². The molecule has 1 saturated carbocycles. The fourth-order valence-corrected chi connectivity index (χ4v) is 2.39. The molecule has 0 saturated heterocycles. The molecule has 3 rings (SSSR count). The van der Waals surface area contributed by atoms with E-state index < -0.39 is 0 Å². The van der Waals surface area contributed by atoms with Gasteiger partial charge in [-0.2, -0.15) is 5.10 Å². The number of nitrogens with zero attached hydrogens (tertiary/aromatic N) is 2. The first-order chi connectivity index (χ1) is 10.1. The molecular weight excluding hydrogens is 269 g/mol. The molecule has 0 atom stereocenters. The predicted molar refractivity (Wildman–Crippen MR) is 80.0 cm³/mol. The summed E-state index contributed by atoms with van der Waals surface area (Å²) in [6.07, 6.45) is 5.19. The Kier molecular flexibility index (Phi) is 3.73. The Morgan fingerprint density at radius 1 is 1.38 bits per heavy atom. The van der Waals surface area contributed by atoms with Crippen molar-refractivity contribution in [3.8, 4) is 0 Å². The van der Waals surface area contributed by atoms with Gasteiger partial charge in [0, 0.05) is 12.1 Å². The second-order valence-electron chi connectivity index (χ2n) is 5.58. The van der Waals surface area contributed by atoms with E-state index in [0.717, 1.165) is 29.7 Å². The molecule has 0 spiro atoms. The smallest absolute Gasteiger partial charge is 0.269 e. The number of aromatic nitrogens is 2. The minimum absolute atomic E-state index is 0.178. The molecule has 21 heavy (non-hydrogen) atoms. The summed E-state index contributed by atoms with van der Waals surface area (Å²) in [6.45, 7) is 2.18. The van der Waals surface area contributed by atoms with Crippen LogP contribution in [-0.2, 0) is 6.54 Å². The van der Waals surface area contributed by atoms with Gasteiger partial charge in [0.1, 0.15) is 5.82 Å². The molecule has 1 fully saturated rings. The van der Waals surface area contributed by atoms with Crippen LogP contribution < -0.4 is 10.9 Å². The molecule has 1 N–H and O–H groups in total. The summed E-state index contributed by atoms with van der Waals surface area (Å²) in [4.78, 5) is 12.1. The van der Waals surface area contributed by atoms with Crippen LogP contribution in [0.3, 0.4) is 0 Å². The van der Waals surface area contributed by atoms with E-state index in [-0.39, 0.29) is 17.9 Å². The summed E-state index contributed by atoms with van der Waals surface area (Å²) < 4.78 is 14.6. The summed E-state index contributed by atoms with van der Waals surface area (Å²) in [5.74, 6) is -0.299. The molecule has 5 heteroatoms. The third kappa shape index (κ3) is 3.12. The van der Waals surface area contributed by atoms with Crippen LogP contribution in [-0.4, -0.2) is 15.8 Å². The zero-order valence-electron chi connectivity index (χ0n) is 12.0. The quantitative estimate of drug-likeness (QED) is 0.940. The van der Waals surface area contributed by atoms with E-state index in [1.807, 2.05) is 6.92 Å². The van der Waals surface area contributed by atoms with Crippen molar-refractivity contribution >= 4 is 5.69 Å². The van der Waals surface area contributed by atoms with Crippen molar-refractivity contribution in [1.29, 1.82) is 0 Å². The van der Waals surface area contributed by atoms with Crippen molar-refractivity contribution < 1.29 is 4.39 Å². The molecule has 0 unspecified atom stereocenters. The Morgan fingerprint density at radius 2 is 2.19 bits per heavy atom. The van der Waals surface area contributed by atoms with E-state index in [1.54, 1.807) is 18.3 Å². The zero-order chi connectivity index (χ0) is 14.8. The second-order valence-corrected chi connectivity index (χ2v) is 5.58. The average molecular weight is 287 g/mol. The van der Waals surface area contributed by atoms with Crippen LogP contribution in [0, 0.1) is 12.7 Å². The minimum atomic E-state index is -0.299. The molecule has 1 aliphatic rings. The summed E-state index contributed by atoms with van der Waals surface area (Å²) in [5.41, 5.74) is 2.30. The fourth-order valence-electron chi connectivity index (χ4n) is 2.39. The van der Waals surface area contributed by atoms with Crippen molar-refractivity contribution in [1.82, 2.24) is 9.78 Å². The molecule has 2 aromatic rings. The van der Waals surface area contributed by atoms with Crippen LogP contribution in [0.5, 0.6) is 0 Å². The molecule has 1 aliphatic carbocycles. The van der Waals surface area contributed by atoms with Gasteiger partial charge in [-0.3, -0.25) is 4.79 Å². The highest BCUT2D eigenvalue weighted by molar-refractivity contribution is 5.40. The van der Waals surface area contributed by atoms with E-state index in [2.05, 4.69) is 10.4 Å². The normalized spacial score (nSPS) is 14.8. The molecule has 0 amide bonds. The van der Waals surface area contributed by atoms with Gasteiger partial charge in [0.25, 0.3) is 5.56 Å². The second kappa shape index (κ2) is 5.68. The van der Waals surface area contributed by atoms with Gasteiger partial charge < -0.3 is 5.32 Å². The fraction of sp³-hybridized carbons (Fsp3) is 0.375. The minimum Gasteiger partial charge on any atom is -0.381 e. The SMILES string of the molecule is Cc1ccc(F)cc1Cn1ncc(NC2CCC2)cc1=O. The number of anilines is 1. The lowest BCUT2D eigenvalue weighted by molar-refractivity contribution is 0.445. The highest BCUT2D eigenvalue weighted by Gasteiger charge is 2.17. The molecular formula is C16H18FN3O. The van der Waals surface area contributed by atoms with Crippen molar-refractivity contribution in [3.63, 3.8) is 0 Å². The molecule has 0 bridgehead atoms. The Labute approximate surface area is 122 Å². The number of halogens is 1. The number of hydrogen-bond acceptors (Lipinski definition) is 3. The maximum atomic E-state index is 13.3. The van der Waals surface area contributed by atoms with Gasteiger partial charge in [-0.25, -0.2) is 9.07 Å². The Balaban J connectivity index is 1.79. The summed E-state index contributed by atoms with van der Waals surface area (Å²) in [7, 11) is 0. The van der Waals surface area contributed by atoms with Crippen molar-refractivity contribution in [3.05, 3.63) is 57.8 Å². The molecule has 0 aliphatic heterocycles. The average Bonchev–Trinajstić information content (AvgIpc) is 2.41. The lowest BCUT2D eigenvalue weighted by Crippen LogP contribution is -2.29. The van der Waals surface area contributed by atoms with Crippen molar-refractivity contribution in [2.24, 2.45) is 0 Å². The number of aryl methyl sites for hydroxylation is 1. The monoisotopic (exact) mass is 287 g/mol. The Hall–Kier alpha value is -2.17. The predicted octanol–water partition coefficient (Wildman–Crippen LogP) is 2.70. The Bertz CT molecular complexity index is 707. The highest BCUT2D eigenvalue weighted by atomic mass is 19.1. The van der Waals surface area contributed by atoms with Gasteiger partial charge in [0.05, 0.1) is 18.4 Å². The van der Waals surface area contributed by atoms with Gasteiger partial charge in [0.15, 0.2) is 0 Å². The van der Waals surface area contributed by atoms with Crippen LogP contribution in [0.15, 0.2) is 35.3 Å². The van der Waals surface area contributed by atoms with Gasteiger partial charge >= 0.3 is 0 Å². The van der Waals surface area contributed by atoms with Crippen LogP contribution in [0.1, 0.15) is 30.4 Å². The van der Waals surface area contributed by atoms with E-state index in [0.29, 0.717) is 6.04 Å². The molecule has 0 radical (unpaired) electrons. The van der Waals surface area contributed by atoms with Crippen LogP contribution in [0.4, 0.5) is 10.1 Å². The standard InChI is InChI=1S/C16H18FN3O/c1-11-5-6-13(17)7-12(11)10-20-16(21)8-15(9-18-20)19-14-3-2-4-14/h5-9,14,19H,2-4,10H2,1H3. The van der Waals surface area contributed by atoms with E-state index in [4.69, 9.17) is 0 Å². The van der Waals surface area contributed by atoms with Crippen molar-refractivity contribution in [2.45, 2.75) is 38.8 Å². The third-order valence-corrected chi connectivity index (χ3v) is 3.98. The molecule has 1 aromatic carbocycles.